The predicted octanol–water partition coefficient (Wildman–Crippen LogP) is 0.763. The Morgan fingerprint density at radius 3 is 2.75 bits per heavy atom. The van der Waals surface area contributed by atoms with E-state index in [1.807, 2.05) is 6.92 Å². The Bertz CT molecular complexity index is 104. The normalized spacial score (nSPS) is 11.1. The SMILES string of the molecule is C=N/C=N\C=N/CC. The zero-order valence-corrected chi connectivity index (χ0v) is 4.91. The molecule has 0 saturated heterocycles. The molecule has 0 unspecified atom stereocenters. The van der Waals surface area contributed by atoms with E-state index in [0.717, 1.165) is 6.54 Å². The number of nitrogens with zero attached hydrogens (tertiary/aromatic N) is 3. The van der Waals surface area contributed by atoms with E-state index in [-0.39, 0.29) is 0 Å². The lowest BCUT2D eigenvalue weighted by atomic mass is 10.8. The summed E-state index contributed by atoms with van der Waals surface area (Å²) >= 11 is 0. The average Bonchev–Trinajstić information content (AvgIpc) is 1.81. The van der Waals surface area contributed by atoms with E-state index in [0.29, 0.717) is 0 Å². The Morgan fingerprint density at radius 1 is 1.50 bits per heavy atom. The molecular weight excluding hydrogens is 102 g/mol. The van der Waals surface area contributed by atoms with Gasteiger partial charge in [0.15, 0.2) is 0 Å². The van der Waals surface area contributed by atoms with Crippen LogP contribution in [0.25, 0.3) is 0 Å². The fourth-order valence-electron chi connectivity index (χ4n) is 0.206. The Balaban J connectivity index is 3.26. The van der Waals surface area contributed by atoms with E-state index in [9.17, 15) is 0 Å². The molecule has 0 saturated carbocycles. The highest BCUT2D eigenvalue weighted by Crippen LogP contribution is 1.63. The molecule has 0 rings (SSSR count). The van der Waals surface area contributed by atoms with Crippen LogP contribution < -0.4 is 0 Å². The first-order valence-electron chi connectivity index (χ1n) is 2.37. The average molecular weight is 111 g/mol. The van der Waals surface area contributed by atoms with Crippen LogP contribution in [0.1, 0.15) is 6.92 Å². The molecular formula is C5H9N3. The predicted molar refractivity (Wildman–Crippen MR) is 37.1 cm³/mol. The van der Waals surface area contributed by atoms with E-state index >= 15 is 0 Å². The highest BCUT2D eigenvalue weighted by atomic mass is 14.9. The molecule has 0 N–H and O–H groups in total. The fourth-order valence-corrected chi connectivity index (χ4v) is 0.206. The molecule has 0 aromatic heterocycles. The minimum Gasteiger partial charge on any atom is -0.274 e. The van der Waals surface area contributed by atoms with Crippen LogP contribution in [-0.4, -0.2) is 25.9 Å². The summed E-state index contributed by atoms with van der Waals surface area (Å²) < 4.78 is 0. The van der Waals surface area contributed by atoms with E-state index in [4.69, 9.17) is 0 Å². The highest BCUT2D eigenvalue weighted by molar-refractivity contribution is 5.73. The summed E-state index contributed by atoms with van der Waals surface area (Å²) in [4.78, 5) is 10.8. The summed E-state index contributed by atoms with van der Waals surface area (Å²) in [5.41, 5.74) is 0. The minimum absolute atomic E-state index is 0.758. The lowest BCUT2D eigenvalue weighted by molar-refractivity contribution is 1.14. The maximum atomic E-state index is 3.80. The van der Waals surface area contributed by atoms with Crippen molar-refractivity contribution in [3.05, 3.63) is 0 Å². The summed E-state index contributed by atoms with van der Waals surface area (Å²) in [6, 6.07) is 0. The Labute approximate surface area is 48.9 Å². The molecule has 0 aliphatic carbocycles. The first-order valence-corrected chi connectivity index (χ1v) is 2.37. The molecule has 3 heteroatoms. The topological polar surface area (TPSA) is 37.1 Å². The molecule has 0 amide bonds. The minimum atomic E-state index is 0.758. The molecule has 0 aromatic carbocycles. The lowest BCUT2D eigenvalue weighted by Crippen LogP contribution is -1.70. The van der Waals surface area contributed by atoms with Crippen LogP contribution >= 0.6 is 0 Å². The van der Waals surface area contributed by atoms with Crippen LogP contribution in [0.4, 0.5) is 0 Å². The zero-order valence-electron chi connectivity index (χ0n) is 4.91. The van der Waals surface area contributed by atoms with Gasteiger partial charge in [-0.15, -0.1) is 0 Å². The van der Waals surface area contributed by atoms with Crippen molar-refractivity contribution in [2.24, 2.45) is 15.0 Å². The second-order valence-corrected chi connectivity index (χ2v) is 1.06. The third-order valence-electron chi connectivity index (χ3n) is 0.479. The third-order valence-corrected chi connectivity index (χ3v) is 0.479. The van der Waals surface area contributed by atoms with Gasteiger partial charge in [0.1, 0.15) is 12.7 Å². The van der Waals surface area contributed by atoms with Crippen molar-refractivity contribution in [2.75, 3.05) is 6.54 Å². The molecule has 3 nitrogen and oxygen atoms in total. The van der Waals surface area contributed by atoms with Gasteiger partial charge in [0.2, 0.25) is 0 Å². The van der Waals surface area contributed by atoms with E-state index in [1.165, 1.54) is 12.7 Å². The maximum absolute atomic E-state index is 3.80. The zero-order chi connectivity index (χ0) is 6.24. The smallest absolute Gasteiger partial charge is 0.116 e. The molecule has 0 fully saturated rings. The van der Waals surface area contributed by atoms with Gasteiger partial charge in [0.25, 0.3) is 0 Å². The number of rotatable bonds is 3. The third kappa shape index (κ3) is 5.01. The summed E-state index contributed by atoms with van der Waals surface area (Å²) in [6.07, 6.45) is 2.80. The van der Waals surface area contributed by atoms with Crippen molar-refractivity contribution in [3.63, 3.8) is 0 Å². The Hall–Kier alpha value is -0.990. The van der Waals surface area contributed by atoms with Crippen molar-refractivity contribution in [3.8, 4) is 0 Å². The van der Waals surface area contributed by atoms with Gasteiger partial charge in [-0.1, -0.05) is 0 Å². The summed E-state index contributed by atoms with van der Waals surface area (Å²) in [7, 11) is 0. The van der Waals surface area contributed by atoms with Crippen LogP contribution in [0.3, 0.4) is 0 Å². The summed E-state index contributed by atoms with van der Waals surface area (Å²) in [5.74, 6) is 0. The molecule has 0 radical (unpaired) electrons. The second-order valence-electron chi connectivity index (χ2n) is 1.06. The fraction of sp³-hybridized carbons (Fsp3) is 0.400. The van der Waals surface area contributed by atoms with Gasteiger partial charge in [-0.2, -0.15) is 0 Å². The van der Waals surface area contributed by atoms with Gasteiger partial charge in [-0.25, -0.2) is 4.99 Å². The molecule has 8 heavy (non-hydrogen) atoms. The van der Waals surface area contributed by atoms with Gasteiger partial charge in [0, 0.05) is 6.54 Å². The second kappa shape index (κ2) is 6.01. The van der Waals surface area contributed by atoms with Crippen LogP contribution in [0, 0.1) is 0 Å². The molecule has 0 aliphatic heterocycles. The van der Waals surface area contributed by atoms with Crippen LogP contribution in [0.2, 0.25) is 0 Å². The molecule has 0 spiro atoms. The largest absolute Gasteiger partial charge is 0.274 e. The molecule has 0 aromatic rings. The summed E-state index contributed by atoms with van der Waals surface area (Å²) in [5, 5.41) is 0. The molecule has 0 heterocycles. The van der Waals surface area contributed by atoms with Gasteiger partial charge in [-0.3, -0.25) is 9.98 Å². The number of aliphatic imine (C=N–C) groups is 3. The first-order chi connectivity index (χ1) is 3.91. The molecule has 0 aliphatic rings. The lowest BCUT2D eigenvalue weighted by Gasteiger charge is -1.73. The Kier molecular flexibility index (Phi) is 5.27. The van der Waals surface area contributed by atoms with Crippen LogP contribution in [-0.2, 0) is 0 Å². The highest BCUT2D eigenvalue weighted by Gasteiger charge is 1.59. The molecule has 44 valence electrons. The van der Waals surface area contributed by atoms with Crippen molar-refractivity contribution in [1.82, 2.24) is 0 Å². The number of hydrogen-bond donors (Lipinski definition) is 0. The monoisotopic (exact) mass is 111 g/mol. The maximum Gasteiger partial charge on any atom is 0.116 e. The van der Waals surface area contributed by atoms with Gasteiger partial charge in [0.05, 0.1) is 0 Å². The van der Waals surface area contributed by atoms with E-state index in [1.54, 1.807) is 0 Å². The van der Waals surface area contributed by atoms with Crippen molar-refractivity contribution < 1.29 is 0 Å². The Morgan fingerprint density at radius 2 is 2.25 bits per heavy atom. The first kappa shape index (κ1) is 7.01. The standard InChI is InChI=1S/C5H9N3/c1-3-7-5-8-4-6-2/h4-5H,2-3H2,1H3/b7-5-,8-4-. The molecule has 0 bridgehead atoms. The van der Waals surface area contributed by atoms with Crippen molar-refractivity contribution >= 4 is 19.4 Å². The van der Waals surface area contributed by atoms with Gasteiger partial charge < -0.3 is 0 Å². The van der Waals surface area contributed by atoms with E-state index < -0.39 is 0 Å². The summed E-state index contributed by atoms with van der Waals surface area (Å²) in [6.45, 7) is 5.89. The van der Waals surface area contributed by atoms with E-state index in [2.05, 4.69) is 21.7 Å². The van der Waals surface area contributed by atoms with Crippen LogP contribution in [0.5, 0.6) is 0 Å². The van der Waals surface area contributed by atoms with Crippen molar-refractivity contribution in [1.29, 1.82) is 0 Å². The van der Waals surface area contributed by atoms with Crippen LogP contribution in [0.15, 0.2) is 15.0 Å². The van der Waals surface area contributed by atoms with Gasteiger partial charge >= 0.3 is 0 Å². The quantitative estimate of drug-likeness (QED) is 0.381. The van der Waals surface area contributed by atoms with Crippen molar-refractivity contribution in [2.45, 2.75) is 6.92 Å². The number of hydrogen-bond acceptors (Lipinski definition) is 1. The van der Waals surface area contributed by atoms with Gasteiger partial charge in [-0.05, 0) is 13.6 Å². The molecule has 0 atom stereocenters.